The second-order valence-corrected chi connectivity index (χ2v) is 5.97. The molecule has 0 heterocycles. The van der Waals surface area contributed by atoms with E-state index in [0.717, 1.165) is 0 Å². The highest BCUT2D eigenvalue weighted by Crippen LogP contribution is 2.15. The molecule has 1 aromatic carbocycles. The van der Waals surface area contributed by atoms with Crippen molar-refractivity contribution in [2.45, 2.75) is 39.2 Å². The number of benzene rings is 1. The molecule has 0 aliphatic heterocycles. The summed E-state index contributed by atoms with van der Waals surface area (Å²) in [6.45, 7) is 5.90. The lowest BCUT2D eigenvalue weighted by Crippen LogP contribution is -2.42. The van der Waals surface area contributed by atoms with Gasteiger partial charge in [0.1, 0.15) is 0 Å². The number of hydrogen-bond donors (Lipinski definition) is 2. The van der Waals surface area contributed by atoms with Crippen LogP contribution in [0.15, 0.2) is 24.3 Å². The summed E-state index contributed by atoms with van der Waals surface area (Å²) in [4.78, 5) is 21.9. The lowest BCUT2D eigenvalue weighted by Gasteiger charge is -2.25. The zero-order chi connectivity index (χ0) is 16.0. The predicted molar refractivity (Wildman–Crippen MR) is 79.9 cm³/mol. The number of hydrogen-bond acceptors (Lipinski definition) is 4. The Bertz CT molecular complexity index is 495. The standard InChI is InChI=1S/C15H22N2O4/c1-11(2)9-15(3,19)10-16-14(18)8-12-4-6-13(7-5-12)17(20)21/h4-7,11,19H,8-10H2,1-3H3,(H,16,18). The average molecular weight is 294 g/mol. The van der Waals surface area contributed by atoms with Crippen molar-refractivity contribution in [1.82, 2.24) is 5.32 Å². The van der Waals surface area contributed by atoms with Crippen LogP contribution in [0.4, 0.5) is 5.69 Å². The second-order valence-electron chi connectivity index (χ2n) is 5.97. The topological polar surface area (TPSA) is 92.5 Å². The molecule has 1 rings (SSSR count). The maximum atomic E-state index is 11.8. The van der Waals surface area contributed by atoms with Crippen molar-refractivity contribution in [1.29, 1.82) is 0 Å². The molecule has 21 heavy (non-hydrogen) atoms. The summed E-state index contributed by atoms with van der Waals surface area (Å²) < 4.78 is 0. The maximum Gasteiger partial charge on any atom is 0.269 e. The normalized spacial score (nSPS) is 13.8. The summed E-state index contributed by atoms with van der Waals surface area (Å²) in [5.41, 5.74) is -0.236. The highest BCUT2D eigenvalue weighted by atomic mass is 16.6. The molecular weight excluding hydrogens is 272 g/mol. The first-order valence-electron chi connectivity index (χ1n) is 6.92. The van der Waals surface area contributed by atoms with E-state index in [1.807, 2.05) is 13.8 Å². The van der Waals surface area contributed by atoms with Crippen LogP contribution >= 0.6 is 0 Å². The van der Waals surface area contributed by atoms with Crippen LogP contribution in [-0.2, 0) is 11.2 Å². The van der Waals surface area contributed by atoms with Crippen LogP contribution in [0.3, 0.4) is 0 Å². The van der Waals surface area contributed by atoms with Gasteiger partial charge in [0.05, 0.1) is 16.9 Å². The van der Waals surface area contributed by atoms with Crippen molar-refractivity contribution in [3.05, 3.63) is 39.9 Å². The van der Waals surface area contributed by atoms with Gasteiger partial charge in [-0.15, -0.1) is 0 Å². The van der Waals surface area contributed by atoms with Crippen LogP contribution < -0.4 is 5.32 Å². The molecule has 0 aromatic heterocycles. The number of amides is 1. The summed E-state index contributed by atoms with van der Waals surface area (Å²) in [5, 5.41) is 23.3. The third kappa shape index (κ3) is 6.35. The zero-order valence-electron chi connectivity index (χ0n) is 12.6. The third-order valence-corrected chi connectivity index (χ3v) is 3.03. The van der Waals surface area contributed by atoms with E-state index in [4.69, 9.17) is 0 Å². The molecule has 1 atom stereocenters. The molecule has 0 aliphatic rings. The Morgan fingerprint density at radius 3 is 2.43 bits per heavy atom. The minimum Gasteiger partial charge on any atom is -0.388 e. The van der Waals surface area contributed by atoms with E-state index in [0.29, 0.717) is 17.9 Å². The molecule has 0 aliphatic carbocycles. The van der Waals surface area contributed by atoms with E-state index in [9.17, 15) is 20.0 Å². The van der Waals surface area contributed by atoms with E-state index in [1.165, 1.54) is 12.1 Å². The lowest BCUT2D eigenvalue weighted by molar-refractivity contribution is -0.384. The van der Waals surface area contributed by atoms with Crippen LogP contribution in [0, 0.1) is 16.0 Å². The van der Waals surface area contributed by atoms with E-state index in [1.54, 1.807) is 19.1 Å². The monoisotopic (exact) mass is 294 g/mol. The van der Waals surface area contributed by atoms with Gasteiger partial charge in [0, 0.05) is 18.7 Å². The molecule has 6 heteroatoms. The first-order valence-corrected chi connectivity index (χ1v) is 6.92. The fourth-order valence-corrected chi connectivity index (χ4v) is 2.22. The number of nitro benzene ring substituents is 1. The van der Waals surface area contributed by atoms with E-state index < -0.39 is 10.5 Å². The van der Waals surface area contributed by atoms with Gasteiger partial charge in [-0.05, 0) is 24.8 Å². The van der Waals surface area contributed by atoms with Gasteiger partial charge in [-0.1, -0.05) is 26.0 Å². The molecule has 0 bridgehead atoms. The van der Waals surface area contributed by atoms with Gasteiger partial charge in [0.15, 0.2) is 0 Å². The van der Waals surface area contributed by atoms with Crippen molar-refractivity contribution in [2.75, 3.05) is 6.54 Å². The van der Waals surface area contributed by atoms with Gasteiger partial charge < -0.3 is 10.4 Å². The number of aliphatic hydroxyl groups is 1. The fourth-order valence-electron chi connectivity index (χ4n) is 2.22. The van der Waals surface area contributed by atoms with E-state index >= 15 is 0 Å². The summed E-state index contributed by atoms with van der Waals surface area (Å²) in [6, 6.07) is 5.86. The van der Waals surface area contributed by atoms with Crippen LogP contribution in [0.2, 0.25) is 0 Å². The minimum atomic E-state index is -0.931. The quantitative estimate of drug-likeness (QED) is 0.594. The van der Waals surface area contributed by atoms with Gasteiger partial charge in [0.2, 0.25) is 5.91 Å². The van der Waals surface area contributed by atoms with Gasteiger partial charge in [-0.2, -0.15) is 0 Å². The molecule has 0 fully saturated rings. The summed E-state index contributed by atoms with van der Waals surface area (Å²) >= 11 is 0. The Morgan fingerprint density at radius 2 is 1.95 bits per heavy atom. The number of non-ortho nitro benzene ring substituents is 1. The van der Waals surface area contributed by atoms with Crippen molar-refractivity contribution in [2.24, 2.45) is 5.92 Å². The molecule has 6 nitrogen and oxygen atoms in total. The molecule has 1 unspecified atom stereocenters. The number of nitro groups is 1. The van der Waals surface area contributed by atoms with Gasteiger partial charge in [0.25, 0.3) is 5.69 Å². The molecule has 1 amide bonds. The highest BCUT2D eigenvalue weighted by Gasteiger charge is 2.22. The van der Waals surface area contributed by atoms with Gasteiger partial charge in [-0.25, -0.2) is 0 Å². The Labute approximate surface area is 124 Å². The fraction of sp³-hybridized carbons (Fsp3) is 0.533. The molecule has 0 radical (unpaired) electrons. The number of carbonyl (C=O) groups excluding carboxylic acids is 1. The predicted octanol–water partition coefficient (Wildman–Crippen LogP) is 2.05. The largest absolute Gasteiger partial charge is 0.388 e. The average Bonchev–Trinajstić information content (AvgIpc) is 2.36. The summed E-state index contributed by atoms with van der Waals surface area (Å²) in [6.07, 6.45) is 0.737. The van der Waals surface area contributed by atoms with Gasteiger partial charge >= 0.3 is 0 Å². The van der Waals surface area contributed by atoms with Gasteiger partial charge in [-0.3, -0.25) is 14.9 Å². The highest BCUT2D eigenvalue weighted by molar-refractivity contribution is 5.78. The SMILES string of the molecule is CC(C)CC(C)(O)CNC(=O)Cc1ccc([N+](=O)[O-])cc1. The molecule has 0 saturated heterocycles. The first kappa shape index (κ1) is 17.1. The summed E-state index contributed by atoms with van der Waals surface area (Å²) in [5.74, 6) is 0.124. The molecule has 0 saturated carbocycles. The lowest BCUT2D eigenvalue weighted by atomic mass is 9.94. The molecule has 116 valence electrons. The third-order valence-electron chi connectivity index (χ3n) is 3.03. The minimum absolute atomic E-state index is 0.000903. The summed E-state index contributed by atoms with van der Waals surface area (Å²) in [7, 11) is 0. The molecule has 1 aromatic rings. The Hall–Kier alpha value is -1.95. The Kier molecular flexibility index (Phi) is 5.84. The van der Waals surface area contributed by atoms with Crippen molar-refractivity contribution >= 4 is 11.6 Å². The van der Waals surface area contributed by atoms with Crippen LogP contribution in [0.5, 0.6) is 0 Å². The van der Waals surface area contributed by atoms with Crippen molar-refractivity contribution < 1.29 is 14.8 Å². The van der Waals surface area contributed by atoms with E-state index in [2.05, 4.69) is 5.32 Å². The maximum absolute atomic E-state index is 11.8. The van der Waals surface area contributed by atoms with Crippen molar-refractivity contribution in [3.8, 4) is 0 Å². The van der Waals surface area contributed by atoms with Crippen LogP contribution in [0.25, 0.3) is 0 Å². The first-order chi connectivity index (χ1) is 9.69. The Balaban J connectivity index is 2.48. The van der Waals surface area contributed by atoms with E-state index in [-0.39, 0.29) is 24.6 Å². The molecule has 0 spiro atoms. The molecular formula is C15H22N2O4. The number of nitrogens with zero attached hydrogens (tertiary/aromatic N) is 1. The van der Waals surface area contributed by atoms with Crippen LogP contribution in [-0.4, -0.2) is 28.1 Å². The number of carbonyl (C=O) groups is 1. The van der Waals surface area contributed by atoms with Crippen LogP contribution in [0.1, 0.15) is 32.8 Å². The Morgan fingerprint density at radius 1 is 1.38 bits per heavy atom. The smallest absolute Gasteiger partial charge is 0.269 e. The van der Waals surface area contributed by atoms with Crippen molar-refractivity contribution in [3.63, 3.8) is 0 Å². The number of nitrogens with one attached hydrogen (secondary N) is 1. The second kappa shape index (κ2) is 7.17. The molecule has 2 N–H and O–H groups in total. The zero-order valence-corrected chi connectivity index (χ0v) is 12.6. The number of rotatable bonds is 7.